The minimum Gasteiger partial charge on any atom is -0.465 e. The third kappa shape index (κ3) is 2.25. The number of halogens is 2. The smallest absolute Gasteiger partial charge is 0.337 e. The molecule has 1 heterocycles. The first-order chi connectivity index (χ1) is 6.45. The molecule has 0 unspecified atom stereocenters. The van der Waals surface area contributed by atoms with E-state index in [1.54, 1.807) is 0 Å². The van der Waals surface area contributed by atoms with Gasteiger partial charge in [0.2, 0.25) is 0 Å². The summed E-state index contributed by atoms with van der Waals surface area (Å²) in [6.07, 6.45) is 1.15. The van der Waals surface area contributed by atoms with E-state index < -0.39 is 17.6 Å². The largest absolute Gasteiger partial charge is 0.465 e. The topological polar surface area (TPSA) is 39.2 Å². The zero-order chi connectivity index (χ0) is 10.8. The minimum absolute atomic E-state index is 0.0685. The quantitative estimate of drug-likeness (QED) is 0.687. The van der Waals surface area contributed by atoms with Crippen molar-refractivity contribution >= 4 is 5.97 Å². The molecule has 1 aromatic heterocycles. The Morgan fingerprint density at radius 2 is 2.21 bits per heavy atom. The molecule has 0 amide bonds. The molecule has 0 aliphatic heterocycles. The van der Waals surface area contributed by atoms with Crippen LogP contribution >= 0.6 is 0 Å². The number of nitrogens with zero attached hydrogens (tertiary/aromatic N) is 1. The lowest BCUT2D eigenvalue weighted by molar-refractivity contribution is 0.0126. The van der Waals surface area contributed by atoms with Crippen LogP contribution in [0.1, 0.15) is 23.0 Å². The number of methoxy groups -OCH3 is 1. The highest BCUT2D eigenvalue weighted by molar-refractivity contribution is 5.89. The number of rotatable bonds is 2. The number of pyridine rings is 1. The van der Waals surface area contributed by atoms with Gasteiger partial charge in [-0.25, -0.2) is 4.79 Å². The van der Waals surface area contributed by atoms with Gasteiger partial charge in [0.15, 0.2) is 0 Å². The number of carbonyl (C=O) groups excluding carboxylic acids is 1. The second kappa shape index (κ2) is 3.69. The molecule has 5 heteroatoms. The molecule has 0 radical (unpaired) electrons. The molecule has 14 heavy (non-hydrogen) atoms. The third-order valence-corrected chi connectivity index (χ3v) is 1.63. The van der Waals surface area contributed by atoms with Crippen molar-refractivity contribution in [3.05, 3.63) is 29.6 Å². The molecular formula is C9H9F2NO2. The number of hydrogen-bond donors (Lipinski definition) is 0. The normalized spacial score (nSPS) is 11.1. The van der Waals surface area contributed by atoms with Crippen LogP contribution in [-0.2, 0) is 10.7 Å². The van der Waals surface area contributed by atoms with E-state index in [9.17, 15) is 13.6 Å². The SMILES string of the molecule is COC(=O)c1ccnc(C(C)(F)F)c1. The predicted molar refractivity (Wildman–Crippen MR) is 45.1 cm³/mol. The van der Waals surface area contributed by atoms with Crippen LogP contribution in [0, 0.1) is 0 Å². The van der Waals surface area contributed by atoms with Crippen molar-refractivity contribution in [3.63, 3.8) is 0 Å². The average molecular weight is 201 g/mol. The molecule has 0 fully saturated rings. The number of carbonyl (C=O) groups is 1. The van der Waals surface area contributed by atoms with Gasteiger partial charge in [0, 0.05) is 13.1 Å². The Balaban J connectivity index is 3.08. The third-order valence-electron chi connectivity index (χ3n) is 1.63. The molecule has 0 saturated carbocycles. The summed E-state index contributed by atoms with van der Waals surface area (Å²) in [4.78, 5) is 14.5. The number of ether oxygens (including phenoxy) is 1. The van der Waals surface area contributed by atoms with Crippen LogP contribution < -0.4 is 0 Å². The zero-order valence-electron chi connectivity index (χ0n) is 7.75. The van der Waals surface area contributed by atoms with E-state index >= 15 is 0 Å². The van der Waals surface area contributed by atoms with Crippen molar-refractivity contribution in [2.45, 2.75) is 12.8 Å². The van der Waals surface area contributed by atoms with Crippen molar-refractivity contribution in [1.29, 1.82) is 0 Å². The molecular weight excluding hydrogens is 192 g/mol. The number of alkyl halides is 2. The summed E-state index contributed by atoms with van der Waals surface area (Å²) in [5, 5.41) is 0. The van der Waals surface area contributed by atoms with Gasteiger partial charge < -0.3 is 4.74 Å². The second-order valence-electron chi connectivity index (χ2n) is 2.81. The average Bonchev–Trinajstić information content (AvgIpc) is 2.15. The maximum atomic E-state index is 12.8. The van der Waals surface area contributed by atoms with Gasteiger partial charge in [0.25, 0.3) is 5.92 Å². The van der Waals surface area contributed by atoms with Gasteiger partial charge in [-0.2, -0.15) is 8.78 Å². The van der Waals surface area contributed by atoms with Crippen LogP contribution in [0.2, 0.25) is 0 Å². The zero-order valence-corrected chi connectivity index (χ0v) is 7.75. The van der Waals surface area contributed by atoms with Crippen LogP contribution in [0.25, 0.3) is 0 Å². The van der Waals surface area contributed by atoms with E-state index in [4.69, 9.17) is 0 Å². The van der Waals surface area contributed by atoms with Crippen molar-refractivity contribution in [1.82, 2.24) is 4.98 Å². The lowest BCUT2D eigenvalue weighted by Crippen LogP contribution is -2.11. The van der Waals surface area contributed by atoms with Crippen LogP contribution in [0.3, 0.4) is 0 Å². The molecule has 3 nitrogen and oxygen atoms in total. The van der Waals surface area contributed by atoms with Crippen LogP contribution in [0.15, 0.2) is 18.3 Å². The fourth-order valence-corrected chi connectivity index (χ4v) is 0.915. The lowest BCUT2D eigenvalue weighted by atomic mass is 10.2. The fraction of sp³-hybridized carbons (Fsp3) is 0.333. The van der Waals surface area contributed by atoms with E-state index in [0.717, 1.165) is 19.2 Å². The Kier molecular flexibility index (Phi) is 2.78. The molecule has 0 aliphatic rings. The maximum Gasteiger partial charge on any atom is 0.337 e. The van der Waals surface area contributed by atoms with Gasteiger partial charge in [-0.3, -0.25) is 4.98 Å². The summed E-state index contributed by atoms with van der Waals surface area (Å²) >= 11 is 0. The summed E-state index contributed by atoms with van der Waals surface area (Å²) in [5.74, 6) is -3.71. The van der Waals surface area contributed by atoms with E-state index in [2.05, 4.69) is 9.72 Å². The molecule has 1 aromatic rings. The predicted octanol–water partition coefficient (Wildman–Crippen LogP) is 1.98. The van der Waals surface area contributed by atoms with Gasteiger partial charge in [0.1, 0.15) is 5.69 Å². The lowest BCUT2D eigenvalue weighted by Gasteiger charge is -2.09. The van der Waals surface area contributed by atoms with Crippen LogP contribution in [0.5, 0.6) is 0 Å². The first-order valence-electron chi connectivity index (χ1n) is 3.88. The van der Waals surface area contributed by atoms with Crippen LogP contribution in [0.4, 0.5) is 8.78 Å². The Morgan fingerprint density at radius 3 is 2.71 bits per heavy atom. The molecule has 0 atom stereocenters. The van der Waals surface area contributed by atoms with Crippen molar-refractivity contribution in [2.75, 3.05) is 7.11 Å². The highest BCUT2D eigenvalue weighted by Gasteiger charge is 2.26. The van der Waals surface area contributed by atoms with Crippen LogP contribution in [-0.4, -0.2) is 18.1 Å². The van der Waals surface area contributed by atoms with E-state index in [1.165, 1.54) is 13.2 Å². The number of hydrogen-bond acceptors (Lipinski definition) is 3. The molecule has 0 aromatic carbocycles. The summed E-state index contributed by atoms with van der Waals surface area (Å²) < 4.78 is 30.0. The summed E-state index contributed by atoms with van der Waals surface area (Å²) in [6.45, 7) is 0.719. The molecule has 0 spiro atoms. The van der Waals surface area contributed by atoms with Crippen molar-refractivity contribution in [3.8, 4) is 0 Å². The highest BCUT2D eigenvalue weighted by Crippen LogP contribution is 2.25. The number of aromatic nitrogens is 1. The summed E-state index contributed by atoms with van der Waals surface area (Å²) in [7, 11) is 1.19. The molecule has 0 N–H and O–H groups in total. The first kappa shape index (κ1) is 10.6. The molecule has 0 aliphatic carbocycles. The maximum absolute atomic E-state index is 12.8. The van der Waals surface area contributed by atoms with E-state index in [0.29, 0.717) is 0 Å². The van der Waals surface area contributed by atoms with Gasteiger partial charge in [0.05, 0.1) is 12.7 Å². The Morgan fingerprint density at radius 1 is 1.57 bits per heavy atom. The first-order valence-corrected chi connectivity index (χ1v) is 3.88. The van der Waals surface area contributed by atoms with Gasteiger partial charge >= 0.3 is 5.97 Å². The fourth-order valence-electron chi connectivity index (χ4n) is 0.915. The second-order valence-corrected chi connectivity index (χ2v) is 2.81. The van der Waals surface area contributed by atoms with Crippen molar-refractivity contribution in [2.24, 2.45) is 0 Å². The summed E-state index contributed by atoms with van der Waals surface area (Å²) in [6, 6.07) is 2.34. The molecule has 0 bridgehead atoms. The van der Waals surface area contributed by atoms with Gasteiger partial charge in [-0.05, 0) is 12.1 Å². The minimum atomic E-state index is -3.05. The Labute approximate surface area is 79.7 Å². The number of esters is 1. The molecule has 76 valence electrons. The van der Waals surface area contributed by atoms with Gasteiger partial charge in [-0.1, -0.05) is 0 Å². The highest BCUT2D eigenvalue weighted by atomic mass is 19.3. The van der Waals surface area contributed by atoms with E-state index in [-0.39, 0.29) is 5.56 Å². The van der Waals surface area contributed by atoms with Crippen molar-refractivity contribution < 1.29 is 18.3 Å². The Bertz CT molecular complexity index is 347. The molecule has 1 rings (SSSR count). The Hall–Kier alpha value is -1.52. The molecule has 0 saturated heterocycles. The standard InChI is InChI=1S/C9H9F2NO2/c1-9(10,11)7-5-6(3-4-12-7)8(13)14-2/h3-5H,1-2H3. The van der Waals surface area contributed by atoms with E-state index in [1.807, 2.05) is 0 Å². The monoisotopic (exact) mass is 201 g/mol. The summed E-state index contributed by atoms with van der Waals surface area (Å²) in [5.41, 5.74) is -0.376. The van der Waals surface area contributed by atoms with Gasteiger partial charge in [-0.15, -0.1) is 0 Å².